The summed E-state index contributed by atoms with van der Waals surface area (Å²) in [4.78, 5) is 24.5. The Morgan fingerprint density at radius 1 is 0.950 bits per heavy atom. The molecule has 9 heteroatoms. The van der Waals surface area contributed by atoms with Gasteiger partial charge in [0.25, 0.3) is 0 Å². The van der Waals surface area contributed by atoms with Crippen LogP contribution in [0.4, 0.5) is 10.5 Å². The van der Waals surface area contributed by atoms with Crippen LogP contribution in [0.1, 0.15) is 42.7 Å². The number of aryl methyl sites for hydroxylation is 1. The third-order valence-corrected chi connectivity index (χ3v) is 7.48. The summed E-state index contributed by atoms with van der Waals surface area (Å²) in [6.07, 6.45) is 0.203. The maximum absolute atomic E-state index is 12.8. The summed E-state index contributed by atoms with van der Waals surface area (Å²) in [5.41, 5.74) is 4.00. The van der Waals surface area contributed by atoms with E-state index in [1.807, 2.05) is 66.7 Å². The minimum absolute atomic E-state index is 0.322. The zero-order chi connectivity index (χ0) is 27.9. The molecule has 6 rings (SSSR count). The molecule has 2 N–H and O–H groups in total. The van der Waals surface area contributed by atoms with Crippen LogP contribution in [0.15, 0.2) is 71.3 Å². The molecule has 1 aliphatic heterocycles. The Balaban J connectivity index is 1.29. The molecular formula is C31H28N2O7. The summed E-state index contributed by atoms with van der Waals surface area (Å²) in [5, 5.41) is 16.5. The van der Waals surface area contributed by atoms with E-state index in [0.29, 0.717) is 60.3 Å². The Morgan fingerprint density at radius 2 is 1.60 bits per heavy atom. The van der Waals surface area contributed by atoms with Gasteiger partial charge in [0.05, 0.1) is 11.0 Å². The molecule has 204 valence electrons. The van der Waals surface area contributed by atoms with E-state index in [1.165, 1.54) is 0 Å². The molecule has 2 heterocycles. The van der Waals surface area contributed by atoms with Gasteiger partial charge in [-0.1, -0.05) is 59.8 Å². The fourth-order valence-corrected chi connectivity index (χ4v) is 5.05. The van der Waals surface area contributed by atoms with Gasteiger partial charge in [-0.05, 0) is 55.5 Å². The number of anilines is 1. The van der Waals surface area contributed by atoms with Crippen LogP contribution in [0.25, 0.3) is 22.5 Å². The second-order valence-electron chi connectivity index (χ2n) is 10.0. The number of amides is 1. The molecule has 9 nitrogen and oxygen atoms in total. The van der Waals surface area contributed by atoms with Crippen molar-refractivity contribution in [1.29, 1.82) is 0 Å². The third kappa shape index (κ3) is 4.53. The van der Waals surface area contributed by atoms with Crippen molar-refractivity contribution >= 4 is 17.7 Å². The molecule has 0 spiro atoms. The number of aromatic nitrogens is 1. The quantitative estimate of drug-likeness (QED) is 0.272. The third-order valence-electron chi connectivity index (χ3n) is 7.48. The summed E-state index contributed by atoms with van der Waals surface area (Å²) < 4.78 is 23.3. The molecule has 2 aliphatic rings. The maximum Gasteiger partial charge on any atom is 0.412 e. The van der Waals surface area contributed by atoms with Crippen LogP contribution < -0.4 is 14.8 Å². The molecule has 0 bridgehead atoms. The largest absolute Gasteiger partial charge is 0.485 e. The van der Waals surface area contributed by atoms with E-state index in [9.17, 15) is 14.7 Å². The molecule has 1 aromatic heterocycles. The average molecular weight is 541 g/mol. The van der Waals surface area contributed by atoms with E-state index in [0.717, 1.165) is 22.3 Å². The summed E-state index contributed by atoms with van der Waals surface area (Å²) >= 11 is 0. The van der Waals surface area contributed by atoms with E-state index < -0.39 is 23.6 Å². The Morgan fingerprint density at radius 3 is 2.25 bits per heavy atom. The van der Waals surface area contributed by atoms with Gasteiger partial charge in [-0.2, -0.15) is 0 Å². The molecule has 4 aromatic rings. The standard InChI is InChI=1S/C31H28N2O7/c1-18-25(32-30(36)39-19(2)20-6-4-3-5-7-20)26(40-33-18)24-13-12-23(27-28(24)38-17-16-37-27)21-8-10-22(11-9-21)31(14-15-31)29(34)35/h3-13,19H,14-17H2,1-2H3,(H,32,36)(H,34,35). The van der Waals surface area contributed by atoms with Crippen LogP contribution in [-0.2, 0) is 14.9 Å². The van der Waals surface area contributed by atoms with Crippen molar-refractivity contribution in [1.82, 2.24) is 5.16 Å². The normalized spacial score (nSPS) is 15.7. The van der Waals surface area contributed by atoms with E-state index in [-0.39, 0.29) is 0 Å². The van der Waals surface area contributed by atoms with Crippen LogP contribution in [0.5, 0.6) is 11.5 Å². The minimum atomic E-state index is -0.788. The van der Waals surface area contributed by atoms with Crippen molar-refractivity contribution in [2.45, 2.75) is 38.2 Å². The van der Waals surface area contributed by atoms with Gasteiger partial charge in [0, 0.05) is 5.56 Å². The lowest BCUT2D eigenvalue weighted by Crippen LogP contribution is -2.19. The van der Waals surface area contributed by atoms with Crippen molar-refractivity contribution < 1.29 is 33.4 Å². The highest BCUT2D eigenvalue weighted by Crippen LogP contribution is 2.50. The lowest BCUT2D eigenvalue weighted by atomic mass is 9.93. The fraction of sp³-hybridized carbons (Fsp3) is 0.258. The fourth-order valence-electron chi connectivity index (χ4n) is 5.05. The first-order valence-corrected chi connectivity index (χ1v) is 13.1. The monoisotopic (exact) mass is 540 g/mol. The Labute approximate surface area is 230 Å². The molecule has 1 aliphatic carbocycles. The number of carboxylic acid groups (broad SMARTS) is 1. The smallest absolute Gasteiger partial charge is 0.412 e. The summed E-state index contributed by atoms with van der Waals surface area (Å²) in [6, 6.07) is 20.7. The highest BCUT2D eigenvalue weighted by molar-refractivity contribution is 5.93. The molecular weight excluding hydrogens is 512 g/mol. The highest BCUT2D eigenvalue weighted by atomic mass is 16.6. The van der Waals surface area contributed by atoms with Gasteiger partial charge < -0.3 is 23.8 Å². The number of hydrogen-bond donors (Lipinski definition) is 2. The zero-order valence-electron chi connectivity index (χ0n) is 22.1. The Bertz CT molecular complexity index is 1570. The Hall–Kier alpha value is -4.79. The van der Waals surface area contributed by atoms with E-state index in [4.69, 9.17) is 18.7 Å². The number of hydrogen-bond acceptors (Lipinski definition) is 7. The first kappa shape index (κ1) is 25.5. The van der Waals surface area contributed by atoms with Gasteiger partial charge in [0.1, 0.15) is 30.7 Å². The van der Waals surface area contributed by atoms with Crippen LogP contribution in [-0.4, -0.2) is 35.5 Å². The van der Waals surface area contributed by atoms with Gasteiger partial charge in [0.15, 0.2) is 17.3 Å². The molecule has 1 atom stereocenters. The van der Waals surface area contributed by atoms with Gasteiger partial charge in [-0.15, -0.1) is 0 Å². The van der Waals surface area contributed by atoms with Gasteiger partial charge in [-0.25, -0.2) is 4.79 Å². The van der Waals surface area contributed by atoms with Gasteiger partial charge in [-0.3, -0.25) is 10.1 Å². The second kappa shape index (κ2) is 10.1. The van der Waals surface area contributed by atoms with Gasteiger partial charge in [0.2, 0.25) is 0 Å². The minimum Gasteiger partial charge on any atom is -0.485 e. The zero-order valence-corrected chi connectivity index (χ0v) is 22.1. The molecule has 0 radical (unpaired) electrons. The molecule has 1 fully saturated rings. The highest BCUT2D eigenvalue weighted by Gasteiger charge is 2.51. The molecule has 1 saturated carbocycles. The van der Waals surface area contributed by atoms with Crippen LogP contribution in [0.2, 0.25) is 0 Å². The maximum atomic E-state index is 12.8. The number of fused-ring (bicyclic) bond motifs is 1. The van der Waals surface area contributed by atoms with E-state index >= 15 is 0 Å². The number of carbonyl (C=O) groups excluding carboxylic acids is 1. The van der Waals surface area contributed by atoms with Crippen molar-refractivity contribution in [2.24, 2.45) is 0 Å². The molecule has 1 unspecified atom stereocenters. The van der Waals surface area contributed by atoms with Crippen molar-refractivity contribution in [2.75, 3.05) is 18.5 Å². The molecule has 0 saturated heterocycles. The number of rotatable bonds is 7. The summed E-state index contributed by atoms with van der Waals surface area (Å²) in [6.45, 7) is 4.24. The lowest BCUT2D eigenvalue weighted by Gasteiger charge is -2.23. The van der Waals surface area contributed by atoms with Crippen LogP contribution in [0.3, 0.4) is 0 Å². The van der Waals surface area contributed by atoms with Crippen LogP contribution in [0, 0.1) is 6.92 Å². The number of nitrogens with one attached hydrogen (secondary N) is 1. The van der Waals surface area contributed by atoms with Gasteiger partial charge >= 0.3 is 12.1 Å². The summed E-state index contributed by atoms with van der Waals surface area (Å²) in [5.74, 6) is 0.546. The molecule has 40 heavy (non-hydrogen) atoms. The lowest BCUT2D eigenvalue weighted by molar-refractivity contribution is -0.140. The first-order valence-electron chi connectivity index (χ1n) is 13.1. The second-order valence-corrected chi connectivity index (χ2v) is 10.0. The van der Waals surface area contributed by atoms with Crippen molar-refractivity contribution in [3.8, 4) is 33.9 Å². The van der Waals surface area contributed by atoms with E-state index in [2.05, 4.69) is 10.5 Å². The van der Waals surface area contributed by atoms with Crippen molar-refractivity contribution in [3.05, 3.63) is 83.6 Å². The average Bonchev–Trinajstić information content (AvgIpc) is 3.72. The Kier molecular flexibility index (Phi) is 6.42. The number of benzene rings is 3. The van der Waals surface area contributed by atoms with Crippen LogP contribution >= 0.6 is 0 Å². The SMILES string of the molecule is Cc1noc(-c2ccc(-c3ccc(C4(C(=O)O)CC4)cc3)c3c2OCCO3)c1NC(=O)OC(C)c1ccccc1. The predicted octanol–water partition coefficient (Wildman–Crippen LogP) is 6.51. The number of ether oxygens (including phenoxy) is 3. The number of aliphatic carboxylic acids is 1. The number of nitrogens with zero attached hydrogens (tertiary/aromatic N) is 1. The topological polar surface area (TPSA) is 120 Å². The molecule has 1 amide bonds. The number of carboxylic acids is 1. The number of carbonyl (C=O) groups is 2. The first-order chi connectivity index (χ1) is 19.4. The molecule has 3 aromatic carbocycles. The predicted molar refractivity (Wildman–Crippen MR) is 147 cm³/mol. The van der Waals surface area contributed by atoms with E-state index in [1.54, 1.807) is 13.8 Å². The summed E-state index contributed by atoms with van der Waals surface area (Å²) in [7, 11) is 0. The van der Waals surface area contributed by atoms with Crippen molar-refractivity contribution in [3.63, 3.8) is 0 Å².